The van der Waals surface area contributed by atoms with Crippen LogP contribution < -0.4 is 10.3 Å². The number of halogens is 1. The number of anilines is 2. The zero-order valence-electron chi connectivity index (χ0n) is 13.6. The Morgan fingerprint density at radius 3 is 2.58 bits per heavy atom. The molecule has 24 heavy (non-hydrogen) atoms. The zero-order valence-corrected chi connectivity index (χ0v) is 14.3. The lowest BCUT2D eigenvalue weighted by molar-refractivity contribution is -0.114. The lowest BCUT2D eigenvalue weighted by atomic mass is 10.1. The third-order valence-electron chi connectivity index (χ3n) is 3.90. The highest BCUT2D eigenvalue weighted by atomic mass is 35.5. The summed E-state index contributed by atoms with van der Waals surface area (Å²) in [5.74, 6) is -0.156. The van der Waals surface area contributed by atoms with Crippen LogP contribution >= 0.6 is 11.6 Å². The molecule has 1 amide bonds. The van der Waals surface area contributed by atoms with Crippen molar-refractivity contribution in [1.29, 1.82) is 0 Å². The second-order valence-electron chi connectivity index (χ2n) is 5.49. The third-order valence-corrected chi connectivity index (χ3v) is 4.16. The highest BCUT2D eigenvalue weighted by Crippen LogP contribution is 2.25. The van der Waals surface area contributed by atoms with Gasteiger partial charge in [0, 0.05) is 16.9 Å². The monoisotopic (exact) mass is 339 g/mol. The van der Waals surface area contributed by atoms with Crippen molar-refractivity contribution in [2.45, 2.75) is 20.3 Å². The van der Waals surface area contributed by atoms with E-state index >= 15 is 0 Å². The first-order valence-corrected chi connectivity index (χ1v) is 8.18. The van der Waals surface area contributed by atoms with E-state index in [1.165, 1.54) is 10.6 Å². The predicted octanol–water partition coefficient (Wildman–Crippen LogP) is 4.62. The molecular formula is C19H18ClN3O. The largest absolute Gasteiger partial charge is 0.361 e. The molecule has 3 rings (SSSR count). The number of hydrogen-bond acceptors (Lipinski definition) is 3. The molecule has 2 aromatic carbocycles. The first-order valence-electron chi connectivity index (χ1n) is 7.80. The Balaban J connectivity index is 1.83. The number of benzene rings is 2. The van der Waals surface area contributed by atoms with Crippen LogP contribution in [0.1, 0.15) is 19.4 Å². The SMILES string of the molecule is CCc1ccccc1NC=C1C(=O)N(c2ccc(Cl)cc2)N=C1C. The fourth-order valence-corrected chi connectivity index (χ4v) is 2.69. The van der Waals surface area contributed by atoms with Crippen molar-refractivity contribution in [1.82, 2.24) is 0 Å². The fourth-order valence-electron chi connectivity index (χ4n) is 2.56. The number of nitrogens with one attached hydrogen (secondary N) is 1. The average Bonchev–Trinajstić information content (AvgIpc) is 2.88. The number of carbonyl (C=O) groups excluding carboxylic acids is 1. The van der Waals surface area contributed by atoms with Crippen LogP contribution in [0, 0.1) is 0 Å². The third kappa shape index (κ3) is 3.19. The van der Waals surface area contributed by atoms with Crippen LogP contribution in [0.3, 0.4) is 0 Å². The summed E-state index contributed by atoms with van der Waals surface area (Å²) < 4.78 is 0. The molecule has 1 N–H and O–H groups in total. The zero-order chi connectivity index (χ0) is 17.1. The van der Waals surface area contributed by atoms with Gasteiger partial charge in [-0.1, -0.05) is 36.7 Å². The van der Waals surface area contributed by atoms with Crippen molar-refractivity contribution in [2.75, 3.05) is 10.3 Å². The number of hydrazone groups is 1. The molecule has 2 aromatic rings. The van der Waals surface area contributed by atoms with E-state index in [2.05, 4.69) is 23.4 Å². The Morgan fingerprint density at radius 1 is 1.17 bits per heavy atom. The summed E-state index contributed by atoms with van der Waals surface area (Å²) in [4.78, 5) is 12.6. The summed E-state index contributed by atoms with van der Waals surface area (Å²) in [5.41, 5.74) is 4.12. The van der Waals surface area contributed by atoms with Crippen molar-refractivity contribution in [3.8, 4) is 0 Å². The van der Waals surface area contributed by atoms with Crippen LogP contribution in [0.15, 0.2) is 65.4 Å². The van der Waals surface area contributed by atoms with Gasteiger partial charge in [0.2, 0.25) is 0 Å². The van der Waals surface area contributed by atoms with Crippen LogP contribution in [0.4, 0.5) is 11.4 Å². The van der Waals surface area contributed by atoms with Crippen LogP contribution in [-0.2, 0) is 11.2 Å². The number of para-hydroxylation sites is 1. The highest BCUT2D eigenvalue weighted by molar-refractivity contribution is 6.31. The Labute approximate surface area is 146 Å². The molecule has 1 aliphatic heterocycles. The van der Waals surface area contributed by atoms with Crippen LogP contribution in [0.2, 0.25) is 5.02 Å². The van der Waals surface area contributed by atoms with Gasteiger partial charge in [0.1, 0.15) is 0 Å². The number of hydrogen-bond donors (Lipinski definition) is 1. The van der Waals surface area contributed by atoms with Gasteiger partial charge in [0.25, 0.3) is 5.91 Å². The van der Waals surface area contributed by atoms with Crippen LogP contribution in [0.5, 0.6) is 0 Å². The molecule has 0 unspecified atom stereocenters. The predicted molar refractivity (Wildman–Crippen MR) is 99.6 cm³/mol. The standard InChI is InChI=1S/C19H18ClN3O/c1-3-14-6-4-5-7-18(14)21-12-17-13(2)22-23(19(17)24)16-10-8-15(20)9-11-16/h4-12,21H,3H2,1-2H3. The molecule has 5 heteroatoms. The van der Waals surface area contributed by atoms with Gasteiger partial charge in [0.15, 0.2) is 0 Å². The first kappa shape index (κ1) is 16.3. The Bertz CT molecular complexity index is 825. The maximum Gasteiger partial charge on any atom is 0.282 e. The molecule has 1 heterocycles. The molecule has 0 radical (unpaired) electrons. The number of rotatable bonds is 4. The number of nitrogens with zero attached hydrogens (tertiary/aromatic N) is 2. The van der Waals surface area contributed by atoms with Gasteiger partial charge in [0.05, 0.1) is 17.0 Å². The first-order chi connectivity index (χ1) is 11.6. The number of carbonyl (C=O) groups is 1. The maximum atomic E-state index is 12.6. The minimum absolute atomic E-state index is 0.156. The van der Waals surface area contributed by atoms with Gasteiger partial charge in [-0.25, -0.2) is 0 Å². The number of amides is 1. The Kier molecular flexibility index (Phi) is 4.67. The lowest BCUT2D eigenvalue weighted by Gasteiger charge is -2.12. The summed E-state index contributed by atoms with van der Waals surface area (Å²) in [7, 11) is 0. The molecule has 0 aliphatic carbocycles. The molecule has 122 valence electrons. The van der Waals surface area contributed by atoms with Gasteiger partial charge in [-0.3, -0.25) is 4.79 Å². The molecule has 0 saturated heterocycles. The van der Waals surface area contributed by atoms with E-state index in [-0.39, 0.29) is 5.91 Å². The van der Waals surface area contributed by atoms with Gasteiger partial charge >= 0.3 is 0 Å². The summed E-state index contributed by atoms with van der Waals surface area (Å²) in [6.45, 7) is 3.93. The van der Waals surface area contributed by atoms with E-state index in [4.69, 9.17) is 11.6 Å². The maximum absolute atomic E-state index is 12.6. The average molecular weight is 340 g/mol. The van der Waals surface area contributed by atoms with Crippen molar-refractivity contribution >= 4 is 34.6 Å². The summed E-state index contributed by atoms with van der Waals surface area (Å²) >= 11 is 5.90. The minimum Gasteiger partial charge on any atom is -0.361 e. The Morgan fingerprint density at radius 2 is 1.88 bits per heavy atom. The molecule has 4 nitrogen and oxygen atoms in total. The molecule has 0 spiro atoms. The number of aryl methyl sites for hydroxylation is 1. The topological polar surface area (TPSA) is 44.7 Å². The van der Waals surface area contributed by atoms with Crippen molar-refractivity contribution < 1.29 is 4.79 Å². The molecule has 0 bridgehead atoms. The summed E-state index contributed by atoms with van der Waals surface area (Å²) in [6.07, 6.45) is 2.65. The molecule has 0 saturated carbocycles. The van der Waals surface area contributed by atoms with E-state index in [0.717, 1.165) is 12.1 Å². The van der Waals surface area contributed by atoms with Crippen molar-refractivity contribution in [3.05, 3.63) is 70.9 Å². The lowest BCUT2D eigenvalue weighted by Crippen LogP contribution is -2.21. The smallest absolute Gasteiger partial charge is 0.282 e. The van der Waals surface area contributed by atoms with Crippen LogP contribution in [0.25, 0.3) is 0 Å². The van der Waals surface area contributed by atoms with E-state index < -0.39 is 0 Å². The summed E-state index contributed by atoms with van der Waals surface area (Å²) in [6, 6.07) is 15.1. The minimum atomic E-state index is -0.156. The van der Waals surface area contributed by atoms with E-state index in [1.807, 2.05) is 25.1 Å². The Hall–Kier alpha value is -2.59. The van der Waals surface area contributed by atoms with Gasteiger partial charge in [-0.15, -0.1) is 0 Å². The van der Waals surface area contributed by atoms with E-state index in [0.29, 0.717) is 22.0 Å². The van der Waals surface area contributed by atoms with Gasteiger partial charge in [-0.05, 0) is 49.2 Å². The van der Waals surface area contributed by atoms with Crippen molar-refractivity contribution in [2.24, 2.45) is 5.10 Å². The van der Waals surface area contributed by atoms with E-state index in [9.17, 15) is 4.79 Å². The summed E-state index contributed by atoms with van der Waals surface area (Å²) in [5, 5.41) is 9.61. The molecule has 0 aromatic heterocycles. The van der Waals surface area contributed by atoms with Gasteiger partial charge < -0.3 is 5.32 Å². The van der Waals surface area contributed by atoms with Crippen LogP contribution in [-0.4, -0.2) is 11.6 Å². The normalized spacial score (nSPS) is 15.8. The van der Waals surface area contributed by atoms with E-state index in [1.54, 1.807) is 30.5 Å². The quantitative estimate of drug-likeness (QED) is 0.826. The van der Waals surface area contributed by atoms with Gasteiger partial charge in [-0.2, -0.15) is 10.1 Å². The second-order valence-corrected chi connectivity index (χ2v) is 5.93. The molecule has 1 aliphatic rings. The molecular weight excluding hydrogens is 322 g/mol. The highest BCUT2D eigenvalue weighted by Gasteiger charge is 2.28. The van der Waals surface area contributed by atoms with Crippen molar-refractivity contribution in [3.63, 3.8) is 0 Å². The molecule has 0 atom stereocenters. The molecule has 0 fully saturated rings. The second kappa shape index (κ2) is 6.89. The fraction of sp³-hybridized carbons (Fsp3) is 0.158.